The minimum Gasteiger partial charge on any atom is -0.224 e. The Hall–Kier alpha value is -1.10. The van der Waals surface area contributed by atoms with Gasteiger partial charge in [-0.15, -0.1) is 0 Å². The summed E-state index contributed by atoms with van der Waals surface area (Å²) in [6.07, 6.45) is 0. The van der Waals surface area contributed by atoms with Gasteiger partial charge in [0.25, 0.3) is 0 Å². The molecule has 0 N–H and O–H groups in total. The van der Waals surface area contributed by atoms with Gasteiger partial charge >= 0.3 is 0 Å². The highest BCUT2D eigenvalue weighted by Crippen LogP contribution is 2.16. The van der Waals surface area contributed by atoms with Crippen LogP contribution in [0.2, 0.25) is 0 Å². The van der Waals surface area contributed by atoms with Gasteiger partial charge in [0.2, 0.25) is 9.05 Å². The molecule has 5 nitrogen and oxygen atoms in total. The average molecular weight is 294 g/mol. The maximum atomic E-state index is 11.8. The summed E-state index contributed by atoms with van der Waals surface area (Å²) < 4.78 is 45.0. The summed E-state index contributed by atoms with van der Waals surface area (Å²) >= 11 is 0. The van der Waals surface area contributed by atoms with Crippen LogP contribution < -0.4 is 0 Å². The third kappa shape index (κ3) is 4.00. The summed E-state index contributed by atoms with van der Waals surface area (Å²) in [7, 11) is -2.75. The van der Waals surface area contributed by atoms with Crippen molar-refractivity contribution in [3.63, 3.8) is 0 Å². The third-order valence-electron chi connectivity index (χ3n) is 1.94. The van der Waals surface area contributed by atoms with Crippen LogP contribution >= 0.6 is 10.7 Å². The Balaban J connectivity index is 3.11. The van der Waals surface area contributed by atoms with Crippen LogP contribution in [0, 0.1) is 11.3 Å². The molecule has 0 atom stereocenters. The number of rotatable bonds is 4. The summed E-state index contributed by atoms with van der Waals surface area (Å²) in [5.41, 5.74) is -0.0144. The van der Waals surface area contributed by atoms with E-state index in [0.717, 1.165) is 0 Å². The van der Waals surface area contributed by atoms with Crippen molar-refractivity contribution in [2.45, 2.75) is 4.90 Å². The van der Waals surface area contributed by atoms with E-state index in [9.17, 15) is 16.8 Å². The van der Waals surface area contributed by atoms with Gasteiger partial charge in [0.15, 0.2) is 9.84 Å². The van der Waals surface area contributed by atoms with Crippen molar-refractivity contribution in [1.29, 1.82) is 5.26 Å². The number of hydrogen-bond donors (Lipinski definition) is 0. The Morgan fingerprint density at radius 1 is 1.12 bits per heavy atom. The first-order valence-corrected chi connectivity index (χ1v) is 8.53. The van der Waals surface area contributed by atoms with E-state index in [2.05, 4.69) is 0 Å². The summed E-state index contributed by atoms with van der Waals surface area (Å²) in [6.45, 7) is 0. The maximum absolute atomic E-state index is 11.8. The number of halogens is 1. The van der Waals surface area contributed by atoms with Gasteiger partial charge in [-0.05, 0) is 12.1 Å². The first-order chi connectivity index (χ1) is 7.76. The van der Waals surface area contributed by atoms with E-state index in [1.807, 2.05) is 0 Å². The highest BCUT2D eigenvalue weighted by molar-refractivity contribution is 8.14. The molecule has 0 bridgehead atoms. The van der Waals surface area contributed by atoms with Crippen molar-refractivity contribution in [1.82, 2.24) is 0 Å². The first kappa shape index (κ1) is 14.0. The molecule has 1 aromatic carbocycles. The zero-order valence-corrected chi connectivity index (χ0v) is 10.9. The first-order valence-electron chi connectivity index (χ1n) is 4.40. The smallest absolute Gasteiger partial charge is 0.224 e. The lowest BCUT2D eigenvalue weighted by molar-refractivity contribution is 0.592. The zero-order valence-electron chi connectivity index (χ0n) is 8.50. The van der Waals surface area contributed by atoms with Gasteiger partial charge in [-0.25, -0.2) is 16.8 Å². The van der Waals surface area contributed by atoms with Crippen LogP contribution in [0.25, 0.3) is 0 Å². The van der Waals surface area contributed by atoms with Gasteiger partial charge in [-0.1, -0.05) is 12.1 Å². The minimum atomic E-state index is -3.87. The lowest BCUT2D eigenvalue weighted by Crippen LogP contribution is -2.15. The van der Waals surface area contributed by atoms with Crippen LogP contribution in [0.5, 0.6) is 0 Å². The fourth-order valence-electron chi connectivity index (χ4n) is 1.15. The van der Waals surface area contributed by atoms with E-state index < -0.39 is 30.4 Å². The maximum Gasteiger partial charge on any atom is 0.233 e. The molecule has 1 rings (SSSR count). The molecule has 0 aliphatic heterocycles. The summed E-state index contributed by atoms with van der Waals surface area (Å²) in [5, 5.41) is 8.75. The fraction of sp³-hybridized carbons (Fsp3) is 0.222. The standard InChI is InChI=1S/C9H8ClNO4S2/c10-17(14,15)6-5-16(12,13)9-4-2-1-3-8(9)7-11/h1-4H,5-6H2. The van der Waals surface area contributed by atoms with Gasteiger partial charge < -0.3 is 0 Å². The van der Waals surface area contributed by atoms with E-state index >= 15 is 0 Å². The molecule has 17 heavy (non-hydrogen) atoms. The largest absolute Gasteiger partial charge is 0.233 e. The molecular formula is C9H8ClNO4S2. The molecule has 0 unspecified atom stereocenters. The molecule has 0 radical (unpaired) electrons. The summed E-state index contributed by atoms with van der Waals surface area (Å²) in [4.78, 5) is -0.178. The van der Waals surface area contributed by atoms with Crippen molar-refractivity contribution in [3.05, 3.63) is 29.8 Å². The third-order valence-corrected chi connectivity index (χ3v) is 5.12. The van der Waals surface area contributed by atoms with Crippen LogP contribution in [-0.2, 0) is 18.9 Å². The second-order valence-corrected chi connectivity index (χ2v) is 8.14. The van der Waals surface area contributed by atoms with Crippen LogP contribution in [0.15, 0.2) is 29.2 Å². The lowest BCUT2D eigenvalue weighted by Gasteiger charge is -2.04. The molecule has 0 saturated heterocycles. The second kappa shape index (κ2) is 5.04. The van der Waals surface area contributed by atoms with Crippen molar-refractivity contribution in [2.75, 3.05) is 11.5 Å². The SMILES string of the molecule is N#Cc1ccccc1S(=O)(=O)CCS(=O)(=O)Cl. The molecule has 92 valence electrons. The highest BCUT2D eigenvalue weighted by atomic mass is 35.7. The van der Waals surface area contributed by atoms with Gasteiger partial charge in [-0.3, -0.25) is 0 Å². The van der Waals surface area contributed by atoms with Crippen LogP contribution in [0.3, 0.4) is 0 Å². The molecule has 0 spiro atoms. The normalized spacial score (nSPS) is 12.0. The van der Waals surface area contributed by atoms with E-state index in [-0.39, 0.29) is 10.5 Å². The Labute approximate surface area is 104 Å². The number of nitriles is 1. The zero-order chi connectivity index (χ0) is 13.1. The molecule has 0 aliphatic carbocycles. The van der Waals surface area contributed by atoms with E-state index in [0.29, 0.717) is 0 Å². The summed E-state index contributed by atoms with van der Waals surface area (Å²) in [6, 6.07) is 7.33. The average Bonchev–Trinajstić information content (AvgIpc) is 2.26. The molecular weight excluding hydrogens is 286 g/mol. The van der Waals surface area contributed by atoms with E-state index in [1.54, 1.807) is 6.07 Å². The monoisotopic (exact) mass is 293 g/mol. The van der Waals surface area contributed by atoms with Gasteiger partial charge in [0.1, 0.15) is 6.07 Å². The van der Waals surface area contributed by atoms with Gasteiger partial charge in [-0.2, -0.15) is 5.26 Å². The van der Waals surface area contributed by atoms with E-state index in [4.69, 9.17) is 15.9 Å². The second-order valence-electron chi connectivity index (χ2n) is 3.17. The molecule has 0 amide bonds. The molecule has 0 aromatic heterocycles. The lowest BCUT2D eigenvalue weighted by atomic mass is 10.2. The topological polar surface area (TPSA) is 92.1 Å². The molecule has 0 saturated carbocycles. The van der Waals surface area contributed by atoms with Crippen molar-refractivity contribution in [2.24, 2.45) is 0 Å². The number of sulfone groups is 1. The number of hydrogen-bond acceptors (Lipinski definition) is 5. The highest BCUT2D eigenvalue weighted by Gasteiger charge is 2.21. The molecule has 8 heteroatoms. The van der Waals surface area contributed by atoms with E-state index in [1.165, 1.54) is 24.3 Å². The quantitative estimate of drug-likeness (QED) is 0.769. The summed E-state index contributed by atoms with van der Waals surface area (Å²) in [5.74, 6) is -1.33. The van der Waals surface area contributed by atoms with Crippen molar-refractivity contribution in [3.8, 4) is 6.07 Å². The number of nitrogens with zero attached hydrogens (tertiary/aromatic N) is 1. The molecule has 0 heterocycles. The van der Waals surface area contributed by atoms with Gasteiger partial charge in [0.05, 0.1) is 22.0 Å². The van der Waals surface area contributed by atoms with Crippen LogP contribution in [0.4, 0.5) is 0 Å². The van der Waals surface area contributed by atoms with Gasteiger partial charge in [0, 0.05) is 10.7 Å². The Kier molecular flexibility index (Phi) is 4.14. The van der Waals surface area contributed by atoms with Crippen LogP contribution in [-0.4, -0.2) is 28.3 Å². The Bertz CT molecular complexity index is 658. The Morgan fingerprint density at radius 3 is 2.24 bits per heavy atom. The minimum absolute atomic E-state index is 0.0144. The predicted octanol–water partition coefficient (Wildman–Crippen LogP) is 0.901. The number of benzene rings is 1. The van der Waals surface area contributed by atoms with Crippen molar-refractivity contribution < 1.29 is 16.8 Å². The fourth-order valence-corrected chi connectivity index (χ4v) is 4.34. The Morgan fingerprint density at radius 2 is 1.71 bits per heavy atom. The van der Waals surface area contributed by atoms with Crippen LogP contribution in [0.1, 0.15) is 5.56 Å². The molecule has 0 fully saturated rings. The molecule has 0 aliphatic rings. The molecule has 1 aromatic rings. The van der Waals surface area contributed by atoms with Crippen molar-refractivity contribution >= 4 is 29.6 Å². The predicted molar refractivity (Wildman–Crippen MR) is 62.8 cm³/mol.